The maximum absolute atomic E-state index is 12.2. The van der Waals surface area contributed by atoms with Crippen molar-refractivity contribution in [1.29, 1.82) is 0 Å². The Labute approximate surface area is 126 Å². The van der Waals surface area contributed by atoms with Crippen molar-refractivity contribution in [2.75, 3.05) is 13.2 Å². The van der Waals surface area contributed by atoms with Crippen LogP contribution >= 0.6 is 11.3 Å². The number of thiophene rings is 1. The Bertz CT molecular complexity index is 635. The second-order valence-electron chi connectivity index (χ2n) is 4.67. The second kappa shape index (κ2) is 6.17. The molecule has 0 saturated carbocycles. The van der Waals surface area contributed by atoms with E-state index in [9.17, 15) is 4.79 Å². The van der Waals surface area contributed by atoms with Gasteiger partial charge in [-0.3, -0.25) is 4.79 Å². The van der Waals surface area contributed by atoms with Crippen molar-refractivity contribution in [3.63, 3.8) is 0 Å². The lowest BCUT2D eigenvalue weighted by Gasteiger charge is -2.15. The zero-order chi connectivity index (χ0) is 14.7. The molecule has 0 atom stereocenters. The van der Waals surface area contributed by atoms with Gasteiger partial charge in [0.05, 0.1) is 12.2 Å². The number of carbonyl (C=O) groups is 1. The number of aryl methyl sites for hydroxylation is 1. The number of carbonyl (C=O) groups excluding carboxylic acids is 1. The first kappa shape index (κ1) is 13.9. The van der Waals surface area contributed by atoms with Crippen LogP contribution in [0.15, 0.2) is 16.0 Å². The summed E-state index contributed by atoms with van der Waals surface area (Å²) in [5.41, 5.74) is 0.909. The maximum Gasteiger partial charge on any atom is 0.265 e. The van der Waals surface area contributed by atoms with Gasteiger partial charge < -0.3 is 19.3 Å². The Morgan fingerprint density at radius 2 is 2.29 bits per heavy atom. The van der Waals surface area contributed by atoms with Gasteiger partial charge in [0.1, 0.15) is 18.1 Å². The van der Waals surface area contributed by atoms with Gasteiger partial charge in [0.15, 0.2) is 17.3 Å². The topological polar surface area (TPSA) is 73.6 Å². The predicted octanol–water partition coefficient (Wildman–Crippen LogP) is 2.39. The molecule has 0 saturated heterocycles. The number of rotatable bonds is 5. The van der Waals surface area contributed by atoms with Crippen LogP contribution in [0.25, 0.3) is 0 Å². The Kier molecular flexibility index (Phi) is 4.10. The van der Waals surface area contributed by atoms with Gasteiger partial charge in [-0.1, -0.05) is 18.5 Å². The molecule has 21 heavy (non-hydrogen) atoms. The Morgan fingerprint density at radius 1 is 1.43 bits per heavy atom. The van der Waals surface area contributed by atoms with Crippen molar-refractivity contribution in [3.8, 4) is 11.5 Å². The van der Waals surface area contributed by atoms with Crippen LogP contribution in [0.3, 0.4) is 0 Å². The number of amides is 1. The molecule has 3 rings (SSSR count). The Morgan fingerprint density at radius 3 is 3.14 bits per heavy atom. The van der Waals surface area contributed by atoms with E-state index < -0.39 is 0 Å². The minimum atomic E-state index is -0.194. The standard InChI is InChI=1S/C14H16N2O4S/c1-2-3-9-6-10(20-16-9)7-15-14(17)13-12-11(8-21-13)18-4-5-19-12/h6,8H,2-5,7H2,1H3,(H,15,17). The van der Waals surface area contributed by atoms with Crippen LogP contribution in [0.4, 0.5) is 0 Å². The van der Waals surface area contributed by atoms with Crippen LogP contribution in [-0.4, -0.2) is 24.3 Å². The molecule has 112 valence electrons. The molecule has 1 aliphatic heterocycles. The van der Waals surface area contributed by atoms with Gasteiger partial charge in [-0.05, 0) is 6.42 Å². The quantitative estimate of drug-likeness (QED) is 0.918. The van der Waals surface area contributed by atoms with Gasteiger partial charge in [0, 0.05) is 11.4 Å². The minimum Gasteiger partial charge on any atom is -0.485 e. The zero-order valence-corrected chi connectivity index (χ0v) is 12.5. The molecule has 7 heteroatoms. The van der Waals surface area contributed by atoms with Crippen LogP contribution < -0.4 is 14.8 Å². The SMILES string of the molecule is CCCc1cc(CNC(=O)c2scc3c2OCCO3)on1. The maximum atomic E-state index is 12.2. The smallest absolute Gasteiger partial charge is 0.265 e. The highest BCUT2D eigenvalue weighted by atomic mass is 32.1. The highest BCUT2D eigenvalue weighted by Crippen LogP contribution is 2.39. The van der Waals surface area contributed by atoms with Crippen molar-refractivity contribution < 1.29 is 18.8 Å². The Balaban J connectivity index is 1.62. The monoisotopic (exact) mass is 308 g/mol. The van der Waals surface area contributed by atoms with E-state index in [2.05, 4.69) is 17.4 Å². The third-order valence-electron chi connectivity index (χ3n) is 3.04. The summed E-state index contributed by atoms with van der Waals surface area (Å²) < 4.78 is 16.1. The van der Waals surface area contributed by atoms with E-state index in [0.717, 1.165) is 18.5 Å². The molecule has 1 aliphatic rings. The largest absolute Gasteiger partial charge is 0.485 e. The number of hydrogen-bond donors (Lipinski definition) is 1. The third-order valence-corrected chi connectivity index (χ3v) is 3.98. The highest BCUT2D eigenvalue weighted by molar-refractivity contribution is 7.12. The van der Waals surface area contributed by atoms with Crippen LogP contribution in [0.2, 0.25) is 0 Å². The van der Waals surface area contributed by atoms with Crippen LogP contribution in [0, 0.1) is 0 Å². The van der Waals surface area contributed by atoms with E-state index in [1.807, 2.05) is 6.07 Å². The van der Waals surface area contributed by atoms with Crippen molar-refractivity contribution in [2.45, 2.75) is 26.3 Å². The summed E-state index contributed by atoms with van der Waals surface area (Å²) in [6, 6.07) is 1.87. The molecule has 1 N–H and O–H groups in total. The number of nitrogens with zero attached hydrogens (tertiary/aromatic N) is 1. The summed E-state index contributed by atoms with van der Waals surface area (Å²) in [7, 11) is 0. The summed E-state index contributed by atoms with van der Waals surface area (Å²) in [4.78, 5) is 12.7. The zero-order valence-electron chi connectivity index (χ0n) is 11.7. The summed E-state index contributed by atoms with van der Waals surface area (Å²) in [6.07, 6.45) is 1.89. The molecule has 3 heterocycles. The van der Waals surface area contributed by atoms with Gasteiger partial charge in [-0.2, -0.15) is 0 Å². The van der Waals surface area contributed by atoms with E-state index in [-0.39, 0.29) is 5.91 Å². The summed E-state index contributed by atoms with van der Waals surface area (Å²) in [5.74, 6) is 1.63. The number of fused-ring (bicyclic) bond motifs is 1. The minimum absolute atomic E-state index is 0.194. The first-order valence-corrected chi connectivity index (χ1v) is 7.75. The normalized spacial score (nSPS) is 13.2. The molecule has 2 aromatic rings. The van der Waals surface area contributed by atoms with E-state index >= 15 is 0 Å². The van der Waals surface area contributed by atoms with Crippen LogP contribution in [-0.2, 0) is 13.0 Å². The molecule has 0 fully saturated rings. The molecular formula is C14H16N2O4S. The molecule has 2 aromatic heterocycles. The number of nitrogens with one attached hydrogen (secondary N) is 1. The van der Waals surface area contributed by atoms with Gasteiger partial charge in [-0.15, -0.1) is 11.3 Å². The van der Waals surface area contributed by atoms with Crippen LogP contribution in [0.1, 0.15) is 34.5 Å². The first-order chi connectivity index (χ1) is 10.3. The first-order valence-electron chi connectivity index (χ1n) is 6.87. The molecule has 6 nitrogen and oxygen atoms in total. The lowest BCUT2D eigenvalue weighted by Crippen LogP contribution is -2.23. The molecule has 0 aromatic carbocycles. The van der Waals surface area contributed by atoms with Crippen LogP contribution in [0.5, 0.6) is 11.5 Å². The molecule has 1 amide bonds. The summed E-state index contributed by atoms with van der Waals surface area (Å²) in [5, 5.41) is 8.55. The van der Waals surface area contributed by atoms with Crippen molar-refractivity contribution in [1.82, 2.24) is 10.5 Å². The lowest BCUT2D eigenvalue weighted by molar-refractivity contribution is 0.0942. The summed E-state index contributed by atoms with van der Waals surface area (Å²) >= 11 is 1.31. The Hall–Kier alpha value is -2.02. The molecule has 0 unspecified atom stereocenters. The van der Waals surface area contributed by atoms with Crippen molar-refractivity contribution in [2.24, 2.45) is 0 Å². The molecule has 0 bridgehead atoms. The average Bonchev–Trinajstić information content (AvgIpc) is 3.12. The van der Waals surface area contributed by atoms with E-state index in [4.69, 9.17) is 14.0 Å². The molecule has 0 aliphatic carbocycles. The fourth-order valence-corrected chi connectivity index (χ4v) is 2.93. The van der Waals surface area contributed by atoms with Gasteiger partial charge in [0.2, 0.25) is 0 Å². The second-order valence-corrected chi connectivity index (χ2v) is 5.55. The van der Waals surface area contributed by atoms with Gasteiger partial charge in [-0.25, -0.2) is 0 Å². The number of ether oxygens (including phenoxy) is 2. The number of hydrogen-bond acceptors (Lipinski definition) is 6. The van der Waals surface area contributed by atoms with Crippen molar-refractivity contribution >= 4 is 17.2 Å². The van der Waals surface area contributed by atoms with E-state index in [1.54, 1.807) is 5.38 Å². The average molecular weight is 308 g/mol. The predicted molar refractivity (Wildman–Crippen MR) is 77.0 cm³/mol. The van der Waals surface area contributed by atoms with E-state index in [0.29, 0.717) is 41.9 Å². The third kappa shape index (κ3) is 3.02. The highest BCUT2D eigenvalue weighted by Gasteiger charge is 2.23. The fraction of sp³-hybridized carbons (Fsp3) is 0.429. The molecular weight excluding hydrogens is 292 g/mol. The number of aromatic nitrogens is 1. The molecule has 0 radical (unpaired) electrons. The van der Waals surface area contributed by atoms with Gasteiger partial charge in [0.25, 0.3) is 5.91 Å². The fourth-order valence-electron chi connectivity index (χ4n) is 2.08. The lowest BCUT2D eigenvalue weighted by atomic mass is 10.2. The summed E-state index contributed by atoms with van der Waals surface area (Å²) in [6.45, 7) is 3.37. The van der Waals surface area contributed by atoms with Gasteiger partial charge >= 0.3 is 0 Å². The molecule has 0 spiro atoms. The van der Waals surface area contributed by atoms with E-state index in [1.165, 1.54) is 11.3 Å². The van der Waals surface area contributed by atoms with Crippen molar-refractivity contribution in [3.05, 3.63) is 27.8 Å².